The fourth-order valence-electron chi connectivity index (χ4n) is 1.40. The van der Waals surface area contributed by atoms with Gasteiger partial charge in [0.1, 0.15) is 0 Å². The normalized spacial score (nSPS) is 10.7. The molecule has 0 spiro atoms. The van der Waals surface area contributed by atoms with E-state index in [-0.39, 0.29) is 11.6 Å². The molecule has 6 heteroatoms. The van der Waals surface area contributed by atoms with Gasteiger partial charge in [-0.2, -0.15) is 0 Å². The van der Waals surface area contributed by atoms with Gasteiger partial charge in [0, 0.05) is 17.8 Å². The van der Waals surface area contributed by atoms with Crippen molar-refractivity contribution in [2.75, 3.05) is 13.2 Å². The number of pyridine rings is 1. The van der Waals surface area contributed by atoms with Crippen LogP contribution in [0, 0.1) is 17.0 Å². The maximum atomic E-state index is 10.8. The summed E-state index contributed by atoms with van der Waals surface area (Å²) in [6.45, 7) is 7.13. The lowest BCUT2D eigenvalue weighted by Gasteiger charge is -2.09. The summed E-state index contributed by atoms with van der Waals surface area (Å²) in [4.78, 5) is 14.3. The predicted octanol–water partition coefficient (Wildman–Crippen LogP) is 2.07. The van der Waals surface area contributed by atoms with Gasteiger partial charge in [0.2, 0.25) is 0 Å². The fraction of sp³-hybridized carbons (Fsp3) is 0.583. The molecule has 0 fully saturated rings. The monoisotopic (exact) mass is 253 g/mol. The molecule has 18 heavy (non-hydrogen) atoms. The number of nitrogens with zero attached hydrogens (tertiary/aromatic N) is 2. The van der Waals surface area contributed by atoms with Crippen LogP contribution < -0.4 is 10.1 Å². The zero-order valence-corrected chi connectivity index (χ0v) is 11.0. The maximum Gasteiger partial charge on any atom is 0.330 e. The molecule has 100 valence electrons. The van der Waals surface area contributed by atoms with Gasteiger partial charge in [0.15, 0.2) is 0 Å². The molecular weight excluding hydrogens is 234 g/mol. The molecule has 0 aliphatic carbocycles. The molecule has 1 N–H and O–H groups in total. The second-order valence-electron chi connectivity index (χ2n) is 4.34. The van der Waals surface area contributed by atoms with Crippen molar-refractivity contribution in [3.63, 3.8) is 0 Å². The van der Waals surface area contributed by atoms with Crippen LogP contribution in [0.1, 0.15) is 26.0 Å². The number of nitro groups is 1. The molecule has 0 bridgehead atoms. The Balaban J connectivity index is 2.50. The lowest BCUT2D eigenvalue weighted by molar-refractivity contribution is -0.386. The standard InChI is InChI=1S/C12H19N3O3/c1-9(2)13-7-4-8-18-12-11(15(16)17)6-5-10(3)14-12/h5-6,9,13H,4,7-8H2,1-3H3. The molecule has 0 aromatic carbocycles. The van der Waals surface area contributed by atoms with Crippen molar-refractivity contribution in [3.8, 4) is 5.88 Å². The molecule has 0 atom stereocenters. The van der Waals surface area contributed by atoms with Crippen LogP contribution in [-0.2, 0) is 0 Å². The topological polar surface area (TPSA) is 77.3 Å². The van der Waals surface area contributed by atoms with Gasteiger partial charge in [-0.15, -0.1) is 0 Å². The molecule has 6 nitrogen and oxygen atoms in total. The molecule has 0 amide bonds. The van der Waals surface area contributed by atoms with Crippen LogP contribution in [-0.4, -0.2) is 29.1 Å². The van der Waals surface area contributed by atoms with E-state index >= 15 is 0 Å². The van der Waals surface area contributed by atoms with E-state index in [1.165, 1.54) is 6.07 Å². The molecule has 0 radical (unpaired) electrons. The number of hydrogen-bond acceptors (Lipinski definition) is 5. The van der Waals surface area contributed by atoms with Crippen molar-refractivity contribution in [2.45, 2.75) is 33.2 Å². The number of rotatable bonds is 7. The first-order valence-corrected chi connectivity index (χ1v) is 5.99. The third-order valence-electron chi connectivity index (χ3n) is 2.29. The van der Waals surface area contributed by atoms with E-state index in [9.17, 15) is 10.1 Å². The lowest BCUT2D eigenvalue weighted by atomic mass is 10.3. The summed E-state index contributed by atoms with van der Waals surface area (Å²) in [5, 5.41) is 14.0. The molecule has 1 aromatic rings. The van der Waals surface area contributed by atoms with Crippen LogP contribution in [0.25, 0.3) is 0 Å². The van der Waals surface area contributed by atoms with E-state index in [4.69, 9.17) is 4.74 Å². The number of hydrogen-bond donors (Lipinski definition) is 1. The molecule has 1 aromatic heterocycles. The van der Waals surface area contributed by atoms with Gasteiger partial charge in [-0.05, 0) is 26.0 Å². The number of ether oxygens (including phenoxy) is 1. The van der Waals surface area contributed by atoms with Crippen molar-refractivity contribution in [3.05, 3.63) is 27.9 Å². The summed E-state index contributed by atoms with van der Waals surface area (Å²) in [6.07, 6.45) is 0.783. The Morgan fingerprint density at radius 1 is 1.50 bits per heavy atom. The first kappa shape index (κ1) is 14.4. The van der Waals surface area contributed by atoms with E-state index in [1.54, 1.807) is 13.0 Å². The van der Waals surface area contributed by atoms with Crippen molar-refractivity contribution in [1.82, 2.24) is 10.3 Å². The van der Waals surface area contributed by atoms with Gasteiger partial charge in [-0.1, -0.05) is 13.8 Å². The van der Waals surface area contributed by atoms with Crippen LogP contribution in [0.15, 0.2) is 12.1 Å². The Morgan fingerprint density at radius 2 is 2.22 bits per heavy atom. The highest BCUT2D eigenvalue weighted by Crippen LogP contribution is 2.24. The van der Waals surface area contributed by atoms with E-state index in [0.717, 1.165) is 13.0 Å². The Hall–Kier alpha value is -1.69. The molecular formula is C12H19N3O3. The molecule has 0 aliphatic heterocycles. The summed E-state index contributed by atoms with van der Waals surface area (Å²) >= 11 is 0. The Kier molecular flexibility index (Phi) is 5.51. The number of aromatic nitrogens is 1. The van der Waals surface area contributed by atoms with Gasteiger partial charge >= 0.3 is 5.69 Å². The minimum absolute atomic E-state index is 0.0857. The summed E-state index contributed by atoms with van der Waals surface area (Å²) in [7, 11) is 0. The number of nitrogens with one attached hydrogen (secondary N) is 1. The highest BCUT2D eigenvalue weighted by molar-refractivity contribution is 5.41. The third kappa shape index (κ3) is 4.67. The Bertz CT molecular complexity index is 408. The summed E-state index contributed by atoms with van der Waals surface area (Å²) in [5.41, 5.74) is 0.619. The van der Waals surface area contributed by atoms with Crippen molar-refractivity contribution < 1.29 is 9.66 Å². The Morgan fingerprint density at radius 3 is 2.83 bits per heavy atom. The van der Waals surface area contributed by atoms with Gasteiger partial charge in [-0.3, -0.25) is 10.1 Å². The third-order valence-corrected chi connectivity index (χ3v) is 2.29. The summed E-state index contributed by atoms with van der Waals surface area (Å²) in [5.74, 6) is 0.101. The molecule has 0 unspecified atom stereocenters. The predicted molar refractivity (Wildman–Crippen MR) is 68.9 cm³/mol. The largest absolute Gasteiger partial charge is 0.473 e. The van der Waals surface area contributed by atoms with Gasteiger partial charge < -0.3 is 10.1 Å². The van der Waals surface area contributed by atoms with Crippen molar-refractivity contribution in [2.24, 2.45) is 0 Å². The summed E-state index contributed by atoms with van der Waals surface area (Å²) in [6, 6.07) is 3.45. The van der Waals surface area contributed by atoms with E-state index in [0.29, 0.717) is 18.3 Å². The average Bonchev–Trinajstić information content (AvgIpc) is 2.27. The van der Waals surface area contributed by atoms with Gasteiger partial charge in [-0.25, -0.2) is 4.98 Å². The van der Waals surface area contributed by atoms with Crippen LogP contribution in [0.5, 0.6) is 5.88 Å². The number of aryl methyl sites for hydroxylation is 1. The zero-order valence-electron chi connectivity index (χ0n) is 11.0. The Labute approximate surface area is 107 Å². The van der Waals surface area contributed by atoms with E-state index in [1.807, 2.05) is 0 Å². The zero-order chi connectivity index (χ0) is 13.5. The lowest BCUT2D eigenvalue weighted by Crippen LogP contribution is -2.24. The smallest absolute Gasteiger partial charge is 0.330 e. The second kappa shape index (κ2) is 6.90. The average molecular weight is 253 g/mol. The second-order valence-corrected chi connectivity index (χ2v) is 4.34. The first-order valence-electron chi connectivity index (χ1n) is 5.99. The molecule has 0 saturated carbocycles. The van der Waals surface area contributed by atoms with E-state index < -0.39 is 4.92 Å². The summed E-state index contributed by atoms with van der Waals surface area (Å²) < 4.78 is 5.37. The van der Waals surface area contributed by atoms with Crippen LogP contribution in [0.4, 0.5) is 5.69 Å². The molecule has 1 rings (SSSR count). The SMILES string of the molecule is Cc1ccc([N+](=O)[O-])c(OCCCNC(C)C)n1. The fourth-order valence-corrected chi connectivity index (χ4v) is 1.40. The van der Waals surface area contributed by atoms with Crippen LogP contribution >= 0.6 is 0 Å². The van der Waals surface area contributed by atoms with E-state index in [2.05, 4.69) is 24.1 Å². The first-order chi connectivity index (χ1) is 8.50. The molecule has 1 heterocycles. The quantitative estimate of drug-likeness (QED) is 0.457. The van der Waals surface area contributed by atoms with Gasteiger partial charge in [0.05, 0.1) is 11.5 Å². The van der Waals surface area contributed by atoms with Crippen molar-refractivity contribution >= 4 is 5.69 Å². The molecule has 0 aliphatic rings. The highest BCUT2D eigenvalue weighted by atomic mass is 16.6. The highest BCUT2D eigenvalue weighted by Gasteiger charge is 2.16. The van der Waals surface area contributed by atoms with Gasteiger partial charge in [0.25, 0.3) is 5.88 Å². The molecule has 0 saturated heterocycles. The minimum Gasteiger partial charge on any atom is -0.473 e. The van der Waals surface area contributed by atoms with Crippen molar-refractivity contribution in [1.29, 1.82) is 0 Å². The van der Waals surface area contributed by atoms with Crippen LogP contribution in [0.2, 0.25) is 0 Å². The maximum absolute atomic E-state index is 10.8. The minimum atomic E-state index is -0.478. The van der Waals surface area contributed by atoms with Crippen LogP contribution in [0.3, 0.4) is 0 Å².